The summed E-state index contributed by atoms with van der Waals surface area (Å²) in [6.07, 6.45) is 6.63. The van der Waals surface area contributed by atoms with Crippen LogP contribution in [0, 0.1) is 0 Å². The zero-order chi connectivity index (χ0) is 21.8. The molecule has 31 heavy (non-hydrogen) atoms. The molecule has 1 heterocycles. The first-order valence-corrected chi connectivity index (χ1v) is 12.5. The Kier molecular flexibility index (Phi) is 6.66. The molecule has 0 bridgehead atoms. The van der Waals surface area contributed by atoms with Crippen molar-refractivity contribution in [2.24, 2.45) is 0 Å². The average molecular weight is 433 g/mol. The summed E-state index contributed by atoms with van der Waals surface area (Å²) >= 11 is 1.71. The molecule has 0 N–H and O–H groups in total. The number of rotatable bonds is 8. The Morgan fingerprint density at radius 3 is 2.48 bits per heavy atom. The normalized spacial score (nSPS) is 17.3. The fraction of sp³-hybridized carbons (Fsp3) is 0.407. The predicted molar refractivity (Wildman–Crippen MR) is 131 cm³/mol. The van der Waals surface area contributed by atoms with Gasteiger partial charge in [-0.25, -0.2) is 4.98 Å². The first-order chi connectivity index (χ1) is 15.1. The number of nitrogens with zero attached hydrogens (tertiary/aromatic N) is 2. The molecule has 0 amide bonds. The van der Waals surface area contributed by atoms with Crippen molar-refractivity contribution in [1.82, 2.24) is 9.55 Å². The SMILES string of the molecule is CCCCCCSc1nc2c(c(=O)n1-c1ccccc1)[C@](C)(CC)Cc1ccccc1-2. The fourth-order valence-corrected chi connectivity index (χ4v) is 5.55. The predicted octanol–water partition coefficient (Wildman–Crippen LogP) is 6.80. The van der Waals surface area contributed by atoms with Crippen LogP contribution in [0.2, 0.25) is 0 Å². The van der Waals surface area contributed by atoms with Crippen LogP contribution in [-0.4, -0.2) is 15.3 Å². The molecule has 0 saturated heterocycles. The molecule has 0 saturated carbocycles. The van der Waals surface area contributed by atoms with Gasteiger partial charge in [-0.3, -0.25) is 9.36 Å². The lowest BCUT2D eigenvalue weighted by Gasteiger charge is -2.35. The molecule has 3 nitrogen and oxygen atoms in total. The van der Waals surface area contributed by atoms with Crippen LogP contribution in [0.5, 0.6) is 0 Å². The highest BCUT2D eigenvalue weighted by molar-refractivity contribution is 7.99. The number of fused-ring (bicyclic) bond motifs is 3. The third-order valence-electron chi connectivity index (χ3n) is 6.53. The molecule has 162 valence electrons. The maximum Gasteiger partial charge on any atom is 0.263 e. The summed E-state index contributed by atoms with van der Waals surface area (Å²) in [6, 6.07) is 18.5. The van der Waals surface area contributed by atoms with E-state index >= 15 is 0 Å². The lowest BCUT2D eigenvalue weighted by atomic mass is 9.69. The number of unbranched alkanes of at least 4 members (excludes halogenated alkanes) is 3. The molecule has 0 fully saturated rings. The van der Waals surface area contributed by atoms with E-state index in [1.165, 1.54) is 24.8 Å². The van der Waals surface area contributed by atoms with E-state index in [9.17, 15) is 4.79 Å². The quantitative estimate of drug-likeness (QED) is 0.223. The van der Waals surface area contributed by atoms with Gasteiger partial charge in [0.2, 0.25) is 0 Å². The molecular weight excluding hydrogens is 400 g/mol. The Bertz CT molecular complexity index is 1110. The molecule has 0 unspecified atom stereocenters. The molecule has 3 aromatic rings. The van der Waals surface area contributed by atoms with Gasteiger partial charge >= 0.3 is 0 Å². The summed E-state index contributed by atoms with van der Waals surface area (Å²) in [6.45, 7) is 6.63. The van der Waals surface area contributed by atoms with Crippen LogP contribution in [0.4, 0.5) is 0 Å². The number of thioether (sulfide) groups is 1. The highest BCUT2D eigenvalue weighted by Crippen LogP contribution is 2.43. The van der Waals surface area contributed by atoms with E-state index in [0.717, 1.165) is 52.7 Å². The third-order valence-corrected chi connectivity index (χ3v) is 7.56. The molecule has 2 aromatic carbocycles. The van der Waals surface area contributed by atoms with Crippen molar-refractivity contribution >= 4 is 11.8 Å². The van der Waals surface area contributed by atoms with Gasteiger partial charge in [0.1, 0.15) is 0 Å². The summed E-state index contributed by atoms with van der Waals surface area (Å²) in [5, 5.41) is 0.807. The fourth-order valence-electron chi connectivity index (χ4n) is 4.55. The summed E-state index contributed by atoms with van der Waals surface area (Å²) < 4.78 is 1.85. The largest absolute Gasteiger partial charge is 0.268 e. The number of aromatic nitrogens is 2. The molecule has 4 rings (SSSR count). The lowest BCUT2D eigenvalue weighted by molar-refractivity contribution is 0.435. The summed E-state index contributed by atoms with van der Waals surface area (Å²) in [5.74, 6) is 0.977. The number of hydrogen-bond acceptors (Lipinski definition) is 3. The van der Waals surface area contributed by atoms with Crippen molar-refractivity contribution in [3.05, 3.63) is 76.1 Å². The standard InChI is InChI=1S/C27H32N2OS/c1-4-6-7-13-18-31-26-28-24-22-17-12-11-14-20(22)19-27(3,5-2)23(24)25(30)29(26)21-15-9-8-10-16-21/h8-12,14-17H,4-7,13,18-19H2,1-3H3/t27-/m1/s1. The minimum absolute atomic E-state index is 0.0890. The topological polar surface area (TPSA) is 34.9 Å². The van der Waals surface area contributed by atoms with Crippen LogP contribution >= 0.6 is 11.8 Å². The zero-order valence-corrected chi connectivity index (χ0v) is 19.7. The van der Waals surface area contributed by atoms with E-state index < -0.39 is 0 Å². The molecule has 1 atom stereocenters. The van der Waals surface area contributed by atoms with Crippen LogP contribution in [-0.2, 0) is 11.8 Å². The molecule has 0 aliphatic heterocycles. The van der Waals surface area contributed by atoms with Crippen LogP contribution in [0.3, 0.4) is 0 Å². The molecular formula is C27H32N2OS. The van der Waals surface area contributed by atoms with Crippen LogP contribution < -0.4 is 5.56 Å². The van der Waals surface area contributed by atoms with Gasteiger partial charge in [-0.2, -0.15) is 0 Å². The molecule has 1 aliphatic rings. The highest BCUT2D eigenvalue weighted by atomic mass is 32.2. The van der Waals surface area contributed by atoms with Gasteiger partial charge in [-0.05, 0) is 37.0 Å². The Hall–Kier alpha value is -2.33. The second-order valence-electron chi connectivity index (χ2n) is 8.75. The maximum atomic E-state index is 14.1. The maximum absolute atomic E-state index is 14.1. The second kappa shape index (κ2) is 9.44. The minimum atomic E-state index is -0.214. The van der Waals surface area contributed by atoms with Gasteiger partial charge in [0.05, 0.1) is 16.9 Å². The minimum Gasteiger partial charge on any atom is -0.268 e. The Labute approximate surface area is 189 Å². The summed E-state index contributed by atoms with van der Waals surface area (Å²) in [4.78, 5) is 19.2. The van der Waals surface area contributed by atoms with Gasteiger partial charge in [-0.15, -0.1) is 0 Å². The van der Waals surface area contributed by atoms with Crippen molar-refractivity contribution in [3.8, 4) is 16.9 Å². The first-order valence-electron chi connectivity index (χ1n) is 11.5. The average Bonchev–Trinajstić information content (AvgIpc) is 2.79. The van der Waals surface area contributed by atoms with Gasteiger partial charge in [0, 0.05) is 16.7 Å². The van der Waals surface area contributed by atoms with Gasteiger partial charge in [0.25, 0.3) is 5.56 Å². The highest BCUT2D eigenvalue weighted by Gasteiger charge is 2.38. The Balaban J connectivity index is 1.89. The smallest absolute Gasteiger partial charge is 0.263 e. The first kappa shape index (κ1) is 21.9. The van der Waals surface area contributed by atoms with Gasteiger partial charge < -0.3 is 0 Å². The van der Waals surface area contributed by atoms with Gasteiger partial charge in [-0.1, -0.05) is 94.3 Å². The van der Waals surface area contributed by atoms with Crippen molar-refractivity contribution in [2.75, 3.05) is 5.75 Å². The van der Waals surface area contributed by atoms with Crippen molar-refractivity contribution in [1.29, 1.82) is 0 Å². The van der Waals surface area contributed by atoms with E-state index in [4.69, 9.17) is 4.98 Å². The summed E-state index contributed by atoms with van der Waals surface area (Å²) in [5.41, 5.74) is 4.94. The Morgan fingerprint density at radius 2 is 1.74 bits per heavy atom. The third kappa shape index (κ3) is 4.23. The van der Waals surface area contributed by atoms with Crippen molar-refractivity contribution in [2.45, 2.75) is 69.9 Å². The van der Waals surface area contributed by atoms with Gasteiger partial charge in [0.15, 0.2) is 5.16 Å². The van der Waals surface area contributed by atoms with E-state index in [0.29, 0.717) is 0 Å². The number of para-hydroxylation sites is 1. The molecule has 0 radical (unpaired) electrons. The second-order valence-corrected chi connectivity index (χ2v) is 9.81. The zero-order valence-electron chi connectivity index (χ0n) is 18.9. The van der Waals surface area contributed by atoms with E-state index in [2.05, 4.69) is 45.0 Å². The van der Waals surface area contributed by atoms with E-state index in [1.807, 2.05) is 34.9 Å². The monoisotopic (exact) mass is 432 g/mol. The van der Waals surface area contributed by atoms with Crippen LogP contribution in [0.1, 0.15) is 64.0 Å². The summed E-state index contributed by atoms with van der Waals surface area (Å²) in [7, 11) is 0. The van der Waals surface area contributed by atoms with E-state index in [1.54, 1.807) is 11.8 Å². The van der Waals surface area contributed by atoms with Crippen LogP contribution in [0.15, 0.2) is 64.5 Å². The molecule has 1 aromatic heterocycles. The Morgan fingerprint density at radius 1 is 1.00 bits per heavy atom. The lowest BCUT2D eigenvalue weighted by Crippen LogP contribution is -2.39. The number of hydrogen-bond donors (Lipinski definition) is 0. The van der Waals surface area contributed by atoms with Crippen molar-refractivity contribution < 1.29 is 0 Å². The number of benzene rings is 2. The molecule has 0 spiro atoms. The van der Waals surface area contributed by atoms with E-state index in [-0.39, 0.29) is 11.0 Å². The van der Waals surface area contributed by atoms with Crippen molar-refractivity contribution in [3.63, 3.8) is 0 Å². The molecule has 1 aliphatic carbocycles. The van der Waals surface area contributed by atoms with Crippen LogP contribution in [0.25, 0.3) is 16.9 Å². The molecule has 4 heteroatoms.